The summed E-state index contributed by atoms with van der Waals surface area (Å²) in [5, 5.41) is 9.78. The molecule has 0 saturated heterocycles. The van der Waals surface area contributed by atoms with Gasteiger partial charge < -0.3 is 5.11 Å². The fourth-order valence-corrected chi connectivity index (χ4v) is 2.77. The van der Waals surface area contributed by atoms with Crippen LogP contribution < -0.4 is 5.69 Å². The van der Waals surface area contributed by atoms with E-state index in [1.807, 2.05) is 13.1 Å². The first kappa shape index (κ1) is 12.3. The highest BCUT2D eigenvalue weighted by molar-refractivity contribution is 5.02. The van der Waals surface area contributed by atoms with E-state index in [0.29, 0.717) is 12.3 Å². The van der Waals surface area contributed by atoms with E-state index in [2.05, 4.69) is 11.9 Å². The Bertz CT molecular complexity index is 441. The van der Waals surface area contributed by atoms with Crippen molar-refractivity contribution in [2.45, 2.75) is 51.7 Å². The van der Waals surface area contributed by atoms with Crippen LogP contribution in [0.15, 0.2) is 17.2 Å². The van der Waals surface area contributed by atoms with Crippen LogP contribution in [0.4, 0.5) is 0 Å². The van der Waals surface area contributed by atoms with Crippen molar-refractivity contribution in [2.24, 2.45) is 5.92 Å². The van der Waals surface area contributed by atoms with Crippen LogP contribution in [0.1, 0.15) is 44.2 Å². The highest BCUT2D eigenvalue weighted by atomic mass is 16.3. The van der Waals surface area contributed by atoms with Gasteiger partial charge >= 0.3 is 5.69 Å². The monoisotopic (exact) mass is 236 g/mol. The second-order valence-electron chi connectivity index (χ2n) is 5.02. The number of rotatable bonds is 2. The number of aliphatic hydroxyl groups excluding tert-OH is 1. The molecular formula is C13H20N2O2. The average molecular weight is 236 g/mol. The predicted octanol–water partition coefficient (Wildman–Crippen LogP) is 1.66. The zero-order valence-corrected chi connectivity index (χ0v) is 10.5. The van der Waals surface area contributed by atoms with Crippen molar-refractivity contribution >= 4 is 0 Å². The van der Waals surface area contributed by atoms with Gasteiger partial charge in [0.25, 0.3) is 0 Å². The fourth-order valence-electron chi connectivity index (χ4n) is 2.77. The largest absolute Gasteiger partial charge is 0.393 e. The van der Waals surface area contributed by atoms with Gasteiger partial charge in [-0.25, -0.2) is 9.78 Å². The van der Waals surface area contributed by atoms with Gasteiger partial charge in [0.15, 0.2) is 0 Å². The van der Waals surface area contributed by atoms with Crippen LogP contribution in [-0.4, -0.2) is 20.8 Å². The molecule has 0 amide bonds. The number of hydrogen-bond donors (Lipinski definition) is 1. The van der Waals surface area contributed by atoms with Crippen LogP contribution in [0.25, 0.3) is 0 Å². The lowest BCUT2D eigenvalue weighted by atomic mass is 9.81. The Morgan fingerprint density at radius 2 is 2.29 bits per heavy atom. The second-order valence-corrected chi connectivity index (χ2v) is 5.02. The third kappa shape index (κ3) is 2.57. The maximum atomic E-state index is 11.8. The first-order valence-electron chi connectivity index (χ1n) is 6.34. The molecule has 3 atom stereocenters. The van der Waals surface area contributed by atoms with E-state index in [9.17, 15) is 9.90 Å². The molecule has 1 fully saturated rings. The van der Waals surface area contributed by atoms with Crippen molar-refractivity contribution in [1.82, 2.24) is 9.55 Å². The van der Waals surface area contributed by atoms with E-state index in [1.165, 1.54) is 0 Å². The van der Waals surface area contributed by atoms with Gasteiger partial charge in [0.05, 0.1) is 6.10 Å². The lowest BCUT2D eigenvalue weighted by molar-refractivity contribution is 0.0695. The number of aryl methyl sites for hydroxylation is 1. The summed E-state index contributed by atoms with van der Waals surface area (Å²) in [6, 6.07) is 0.101. The van der Waals surface area contributed by atoms with Crippen LogP contribution in [0.2, 0.25) is 0 Å². The van der Waals surface area contributed by atoms with Gasteiger partial charge in [-0.2, -0.15) is 0 Å². The molecule has 0 radical (unpaired) electrons. The predicted molar refractivity (Wildman–Crippen MR) is 65.9 cm³/mol. The normalized spacial score (nSPS) is 29.2. The van der Waals surface area contributed by atoms with Crippen LogP contribution in [0, 0.1) is 12.8 Å². The molecular weight excluding hydrogens is 216 g/mol. The quantitative estimate of drug-likeness (QED) is 0.849. The van der Waals surface area contributed by atoms with E-state index in [-0.39, 0.29) is 17.8 Å². The lowest BCUT2D eigenvalue weighted by Crippen LogP contribution is -2.36. The molecule has 94 valence electrons. The molecule has 3 unspecified atom stereocenters. The highest BCUT2D eigenvalue weighted by Gasteiger charge is 2.30. The summed E-state index contributed by atoms with van der Waals surface area (Å²) >= 11 is 0. The number of hydrogen-bond acceptors (Lipinski definition) is 3. The maximum absolute atomic E-state index is 11.8. The highest BCUT2D eigenvalue weighted by Crippen LogP contribution is 2.35. The topological polar surface area (TPSA) is 55.1 Å². The molecule has 0 aromatic carbocycles. The van der Waals surface area contributed by atoms with Gasteiger partial charge in [-0.05, 0) is 37.7 Å². The van der Waals surface area contributed by atoms with Crippen molar-refractivity contribution < 1.29 is 5.11 Å². The molecule has 1 saturated carbocycles. The molecule has 4 heteroatoms. The van der Waals surface area contributed by atoms with Gasteiger partial charge in [0, 0.05) is 18.4 Å². The molecule has 1 aliphatic rings. The van der Waals surface area contributed by atoms with Gasteiger partial charge in [-0.1, -0.05) is 13.3 Å². The minimum absolute atomic E-state index is 0.101. The van der Waals surface area contributed by atoms with Crippen molar-refractivity contribution in [2.75, 3.05) is 0 Å². The molecule has 1 aromatic rings. The minimum atomic E-state index is -0.282. The zero-order chi connectivity index (χ0) is 12.4. The molecule has 1 aliphatic carbocycles. The molecule has 1 heterocycles. The van der Waals surface area contributed by atoms with Crippen LogP contribution in [0.5, 0.6) is 0 Å². The van der Waals surface area contributed by atoms with Gasteiger partial charge in [-0.3, -0.25) is 4.57 Å². The standard InChI is InChI=1S/C13H20N2O2/c1-3-10-4-5-11(16)6-12(10)15-8-9(2)7-14-13(15)17/h7-8,10-12,16H,3-6H2,1-2H3. The Labute approximate surface area is 101 Å². The average Bonchev–Trinajstić information content (AvgIpc) is 2.32. The van der Waals surface area contributed by atoms with Crippen molar-refractivity contribution in [1.29, 1.82) is 0 Å². The van der Waals surface area contributed by atoms with Crippen molar-refractivity contribution in [3.8, 4) is 0 Å². The SMILES string of the molecule is CCC1CCC(O)CC1n1cc(C)cnc1=O. The summed E-state index contributed by atoms with van der Waals surface area (Å²) in [6.07, 6.45) is 6.72. The van der Waals surface area contributed by atoms with Crippen LogP contribution in [0.3, 0.4) is 0 Å². The third-order valence-electron chi connectivity index (χ3n) is 3.75. The molecule has 0 spiro atoms. The summed E-state index contributed by atoms with van der Waals surface area (Å²) in [7, 11) is 0. The van der Waals surface area contributed by atoms with E-state index >= 15 is 0 Å². The van der Waals surface area contributed by atoms with Gasteiger partial charge in [0.1, 0.15) is 0 Å². The van der Waals surface area contributed by atoms with E-state index in [4.69, 9.17) is 0 Å². The molecule has 0 bridgehead atoms. The summed E-state index contributed by atoms with van der Waals surface area (Å²) in [5.74, 6) is 0.472. The van der Waals surface area contributed by atoms with Crippen molar-refractivity contribution in [3.05, 3.63) is 28.4 Å². The summed E-state index contributed by atoms with van der Waals surface area (Å²) in [5.41, 5.74) is 0.785. The Kier molecular flexibility index (Phi) is 3.62. The Balaban J connectivity index is 2.35. The zero-order valence-electron chi connectivity index (χ0n) is 10.5. The number of aliphatic hydroxyl groups is 1. The first-order valence-corrected chi connectivity index (χ1v) is 6.34. The summed E-state index contributed by atoms with van der Waals surface area (Å²) in [4.78, 5) is 15.7. The fraction of sp³-hybridized carbons (Fsp3) is 0.692. The minimum Gasteiger partial charge on any atom is -0.393 e. The van der Waals surface area contributed by atoms with Gasteiger partial charge in [-0.15, -0.1) is 0 Å². The summed E-state index contributed by atoms with van der Waals surface area (Å²) in [6.45, 7) is 4.08. The molecule has 1 N–H and O–H groups in total. The Hall–Kier alpha value is -1.16. The number of aromatic nitrogens is 2. The summed E-state index contributed by atoms with van der Waals surface area (Å²) < 4.78 is 1.71. The molecule has 4 nitrogen and oxygen atoms in total. The van der Waals surface area contributed by atoms with E-state index in [0.717, 1.165) is 24.8 Å². The lowest BCUT2D eigenvalue weighted by Gasteiger charge is -2.34. The van der Waals surface area contributed by atoms with E-state index < -0.39 is 0 Å². The van der Waals surface area contributed by atoms with E-state index in [1.54, 1.807) is 10.8 Å². The molecule has 0 aliphatic heterocycles. The Morgan fingerprint density at radius 3 is 3.00 bits per heavy atom. The molecule has 2 rings (SSSR count). The van der Waals surface area contributed by atoms with Crippen LogP contribution in [-0.2, 0) is 0 Å². The molecule has 17 heavy (non-hydrogen) atoms. The van der Waals surface area contributed by atoms with Crippen LogP contribution >= 0.6 is 0 Å². The first-order chi connectivity index (χ1) is 8.11. The molecule has 1 aromatic heterocycles. The third-order valence-corrected chi connectivity index (χ3v) is 3.75. The van der Waals surface area contributed by atoms with Crippen molar-refractivity contribution in [3.63, 3.8) is 0 Å². The Morgan fingerprint density at radius 1 is 1.53 bits per heavy atom. The maximum Gasteiger partial charge on any atom is 0.347 e. The van der Waals surface area contributed by atoms with Gasteiger partial charge in [0.2, 0.25) is 0 Å². The second kappa shape index (κ2) is 5.00. The smallest absolute Gasteiger partial charge is 0.347 e. The number of nitrogens with zero attached hydrogens (tertiary/aromatic N) is 2.